The molecule has 0 aliphatic rings. The molecule has 0 unspecified atom stereocenters. The van der Waals surface area contributed by atoms with Gasteiger partial charge >= 0.3 is 0 Å². The lowest BCUT2D eigenvalue weighted by Crippen LogP contribution is -2.42. The first kappa shape index (κ1) is 17.5. The van der Waals surface area contributed by atoms with Gasteiger partial charge in [-0.2, -0.15) is 0 Å². The monoisotopic (exact) mass is 291 g/mol. The summed E-state index contributed by atoms with van der Waals surface area (Å²) in [6.07, 6.45) is 2.82. The van der Waals surface area contributed by atoms with Crippen molar-refractivity contribution in [2.75, 3.05) is 24.5 Å². The lowest BCUT2D eigenvalue weighted by Gasteiger charge is -2.25. The molecular weight excluding hydrogens is 262 g/mol. The van der Waals surface area contributed by atoms with Crippen LogP contribution in [0.4, 0.5) is 5.69 Å². The average molecular weight is 291 g/mol. The van der Waals surface area contributed by atoms with Gasteiger partial charge in [-0.3, -0.25) is 4.79 Å². The van der Waals surface area contributed by atoms with E-state index >= 15 is 0 Å². The van der Waals surface area contributed by atoms with E-state index in [0.29, 0.717) is 13.1 Å². The van der Waals surface area contributed by atoms with Crippen LogP contribution in [0.2, 0.25) is 0 Å². The predicted octanol–water partition coefficient (Wildman–Crippen LogP) is 2.46. The Bertz CT molecular complexity index is 430. The molecule has 4 heteroatoms. The third-order valence-electron chi connectivity index (χ3n) is 3.68. The van der Waals surface area contributed by atoms with E-state index in [1.165, 1.54) is 5.56 Å². The minimum absolute atomic E-state index is 0.0854. The van der Waals surface area contributed by atoms with Gasteiger partial charge in [-0.1, -0.05) is 26.0 Å². The van der Waals surface area contributed by atoms with Crippen molar-refractivity contribution in [3.8, 4) is 0 Å². The lowest BCUT2D eigenvalue weighted by molar-refractivity contribution is -0.120. The van der Waals surface area contributed by atoms with Crippen molar-refractivity contribution in [3.05, 3.63) is 29.8 Å². The molecule has 0 radical (unpaired) electrons. The summed E-state index contributed by atoms with van der Waals surface area (Å²) in [5.74, 6) is 0.0854. The molecule has 1 amide bonds. The van der Waals surface area contributed by atoms with E-state index in [0.717, 1.165) is 31.5 Å². The Balaban J connectivity index is 2.71. The maximum absolute atomic E-state index is 12.2. The fraction of sp³-hybridized carbons (Fsp3) is 0.588. The molecule has 1 aromatic rings. The summed E-state index contributed by atoms with van der Waals surface area (Å²) in [6.45, 7) is 8.09. The van der Waals surface area contributed by atoms with E-state index in [1.54, 1.807) is 0 Å². The maximum Gasteiger partial charge on any atom is 0.239 e. The first-order valence-corrected chi connectivity index (χ1v) is 7.91. The zero-order valence-corrected chi connectivity index (χ0v) is 13.6. The van der Waals surface area contributed by atoms with E-state index < -0.39 is 0 Å². The van der Waals surface area contributed by atoms with E-state index in [-0.39, 0.29) is 11.9 Å². The minimum atomic E-state index is 0.0854. The highest BCUT2D eigenvalue weighted by Crippen LogP contribution is 2.16. The molecule has 0 bridgehead atoms. The first-order chi connectivity index (χ1) is 10.1. The quantitative estimate of drug-likeness (QED) is 0.735. The molecule has 0 saturated carbocycles. The summed E-state index contributed by atoms with van der Waals surface area (Å²) in [7, 11) is 0. The van der Waals surface area contributed by atoms with Crippen molar-refractivity contribution in [3.63, 3.8) is 0 Å². The average Bonchev–Trinajstić information content (AvgIpc) is 2.49. The van der Waals surface area contributed by atoms with Crippen LogP contribution in [0.15, 0.2) is 24.3 Å². The van der Waals surface area contributed by atoms with Crippen LogP contribution in [-0.2, 0) is 4.79 Å². The number of nitrogens with one attached hydrogen (secondary N) is 1. The second kappa shape index (κ2) is 9.40. The van der Waals surface area contributed by atoms with E-state index in [9.17, 15) is 4.79 Å². The van der Waals surface area contributed by atoms with Gasteiger partial charge < -0.3 is 16.0 Å². The van der Waals surface area contributed by atoms with Crippen LogP contribution in [0, 0.1) is 6.92 Å². The van der Waals surface area contributed by atoms with Gasteiger partial charge in [0.15, 0.2) is 0 Å². The molecule has 0 aliphatic carbocycles. The number of carbonyl (C=O) groups is 1. The summed E-state index contributed by atoms with van der Waals surface area (Å²) in [5, 5.41) is 3.10. The maximum atomic E-state index is 12.2. The number of amides is 1. The normalized spacial score (nSPS) is 10.7. The van der Waals surface area contributed by atoms with Crippen LogP contribution in [0.3, 0.4) is 0 Å². The Labute approximate surface area is 128 Å². The number of anilines is 1. The number of hydrogen-bond acceptors (Lipinski definition) is 3. The number of benzene rings is 1. The number of carbonyl (C=O) groups excluding carboxylic acids is 1. The minimum Gasteiger partial charge on any atom is -0.362 e. The van der Waals surface area contributed by atoms with Crippen molar-refractivity contribution >= 4 is 11.6 Å². The summed E-state index contributed by atoms with van der Waals surface area (Å²) in [6, 6.07) is 8.52. The van der Waals surface area contributed by atoms with Crippen LogP contribution in [0.5, 0.6) is 0 Å². The second-order valence-corrected chi connectivity index (χ2v) is 5.48. The zero-order chi connectivity index (χ0) is 15.7. The van der Waals surface area contributed by atoms with Gasteiger partial charge in [-0.25, -0.2) is 0 Å². The molecule has 3 N–H and O–H groups in total. The molecule has 0 heterocycles. The Kier molecular flexibility index (Phi) is 7.83. The van der Waals surface area contributed by atoms with Gasteiger partial charge in [0.1, 0.15) is 0 Å². The van der Waals surface area contributed by atoms with Crippen LogP contribution in [-0.4, -0.2) is 31.6 Å². The Morgan fingerprint density at radius 2 is 2.05 bits per heavy atom. The smallest absolute Gasteiger partial charge is 0.239 e. The molecule has 0 saturated heterocycles. The van der Waals surface area contributed by atoms with Gasteiger partial charge in [-0.15, -0.1) is 0 Å². The summed E-state index contributed by atoms with van der Waals surface area (Å²) < 4.78 is 0. The molecule has 4 nitrogen and oxygen atoms in total. The van der Waals surface area contributed by atoms with Crippen molar-refractivity contribution in [1.29, 1.82) is 0 Å². The zero-order valence-electron chi connectivity index (χ0n) is 13.6. The number of aryl methyl sites for hydroxylation is 1. The highest BCUT2D eigenvalue weighted by molar-refractivity contribution is 5.81. The van der Waals surface area contributed by atoms with Crippen molar-refractivity contribution in [1.82, 2.24) is 5.32 Å². The van der Waals surface area contributed by atoms with Gasteiger partial charge in [0.05, 0.1) is 6.54 Å². The summed E-state index contributed by atoms with van der Waals surface area (Å²) in [5.41, 5.74) is 7.90. The fourth-order valence-electron chi connectivity index (χ4n) is 2.35. The van der Waals surface area contributed by atoms with Crippen LogP contribution in [0.1, 0.15) is 38.7 Å². The van der Waals surface area contributed by atoms with Gasteiger partial charge in [0.25, 0.3) is 0 Å². The number of hydrogen-bond donors (Lipinski definition) is 2. The van der Waals surface area contributed by atoms with Crippen molar-refractivity contribution in [2.24, 2.45) is 5.73 Å². The first-order valence-electron chi connectivity index (χ1n) is 7.91. The summed E-state index contributed by atoms with van der Waals surface area (Å²) in [4.78, 5) is 14.3. The topological polar surface area (TPSA) is 58.4 Å². The number of rotatable bonds is 9. The molecule has 1 rings (SSSR count). The SMILES string of the molecule is CCC(CC)NC(=O)CN(CCCN)c1cccc(C)c1. The van der Waals surface area contributed by atoms with E-state index in [4.69, 9.17) is 5.73 Å². The van der Waals surface area contributed by atoms with Gasteiger partial charge in [0, 0.05) is 18.3 Å². The predicted molar refractivity (Wildman–Crippen MR) is 89.6 cm³/mol. The molecule has 1 aromatic carbocycles. The standard InChI is InChI=1S/C17H29N3O/c1-4-15(5-2)19-17(21)13-20(11-7-10-18)16-9-6-8-14(3)12-16/h6,8-9,12,15H,4-5,7,10-11,13,18H2,1-3H3,(H,19,21). The molecule has 0 atom stereocenters. The molecule has 0 spiro atoms. The van der Waals surface area contributed by atoms with Crippen LogP contribution >= 0.6 is 0 Å². The molecule has 21 heavy (non-hydrogen) atoms. The molecule has 0 fully saturated rings. The van der Waals surface area contributed by atoms with Crippen LogP contribution < -0.4 is 16.0 Å². The van der Waals surface area contributed by atoms with Crippen molar-refractivity contribution in [2.45, 2.75) is 46.1 Å². The van der Waals surface area contributed by atoms with Gasteiger partial charge in [-0.05, 0) is 50.4 Å². The number of nitrogens with two attached hydrogens (primary N) is 1. The lowest BCUT2D eigenvalue weighted by atomic mass is 10.1. The highest BCUT2D eigenvalue weighted by atomic mass is 16.2. The molecular formula is C17H29N3O. The molecule has 0 aromatic heterocycles. The fourth-order valence-corrected chi connectivity index (χ4v) is 2.35. The Hall–Kier alpha value is -1.55. The summed E-state index contributed by atoms with van der Waals surface area (Å²) >= 11 is 0. The van der Waals surface area contributed by atoms with E-state index in [2.05, 4.69) is 43.1 Å². The number of nitrogens with zero attached hydrogens (tertiary/aromatic N) is 1. The third kappa shape index (κ3) is 6.17. The highest BCUT2D eigenvalue weighted by Gasteiger charge is 2.14. The van der Waals surface area contributed by atoms with Crippen molar-refractivity contribution < 1.29 is 4.79 Å². The van der Waals surface area contributed by atoms with Crippen LogP contribution in [0.25, 0.3) is 0 Å². The Morgan fingerprint density at radius 3 is 2.62 bits per heavy atom. The largest absolute Gasteiger partial charge is 0.362 e. The molecule has 0 aliphatic heterocycles. The van der Waals surface area contributed by atoms with Gasteiger partial charge in [0.2, 0.25) is 5.91 Å². The Morgan fingerprint density at radius 1 is 1.33 bits per heavy atom. The molecule has 118 valence electrons. The second-order valence-electron chi connectivity index (χ2n) is 5.48. The van der Waals surface area contributed by atoms with E-state index in [1.807, 2.05) is 12.1 Å². The third-order valence-corrected chi connectivity index (χ3v) is 3.68.